The summed E-state index contributed by atoms with van der Waals surface area (Å²) >= 11 is 0. The molecule has 0 bridgehead atoms. The summed E-state index contributed by atoms with van der Waals surface area (Å²) in [6.07, 6.45) is -4.88. The second-order valence-electron chi connectivity index (χ2n) is 3.10. The van der Waals surface area contributed by atoms with E-state index in [-0.39, 0.29) is 6.29 Å². The van der Waals surface area contributed by atoms with Crippen molar-refractivity contribution in [3.8, 4) is 0 Å². The molecule has 0 aliphatic heterocycles. The lowest BCUT2D eigenvalue weighted by Gasteiger charge is -2.25. The summed E-state index contributed by atoms with van der Waals surface area (Å²) in [6.45, 7) is 0.289. The summed E-state index contributed by atoms with van der Waals surface area (Å²) < 4.78 is 0. The van der Waals surface area contributed by atoms with Crippen LogP contribution in [-0.4, -0.2) is 63.6 Å². The van der Waals surface area contributed by atoms with Gasteiger partial charge in [-0.2, -0.15) is 0 Å². The van der Waals surface area contributed by atoms with Gasteiger partial charge in [0.05, 0.1) is 6.61 Å². The van der Waals surface area contributed by atoms with E-state index in [1.807, 2.05) is 5.48 Å². The highest BCUT2D eigenvalue weighted by atomic mass is 16.7. The van der Waals surface area contributed by atoms with Gasteiger partial charge in [0.1, 0.15) is 30.6 Å². The summed E-state index contributed by atoms with van der Waals surface area (Å²) in [5.41, 5.74) is 1.91. The van der Waals surface area contributed by atoms with Crippen LogP contribution in [0.5, 0.6) is 0 Å². The number of aliphatic hydroxyl groups is 4. The number of hydrogen-bond acceptors (Lipinski definition) is 8. The number of rotatable bonds is 7. The van der Waals surface area contributed by atoms with Crippen LogP contribution in [0.3, 0.4) is 0 Å². The average Bonchev–Trinajstić information content (AvgIpc) is 2.27. The van der Waals surface area contributed by atoms with Gasteiger partial charge < -0.3 is 30.1 Å². The van der Waals surface area contributed by atoms with Crippen LogP contribution in [0.1, 0.15) is 6.92 Å². The molecule has 5 N–H and O–H groups in total. The number of nitrogens with one attached hydrogen (secondary N) is 1. The molecule has 0 unspecified atom stereocenters. The number of hydrogen-bond donors (Lipinski definition) is 5. The van der Waals surface area contributed by atoms with Crippen molar-refractivity contribution in [3.05, 3.63) is 0 Å². The molecule has 0 radical (unpaired) electrons. The smallest absolute Gasteiger partial charge is 0.321 e. The number of aldehydes is 1. The minimum atomic E-state index is -1.75. The van der Waals surface area contributed by atoms with Crippen molar-refractivity contribution in [2.24, 2.45) is 0 Å². The summed E-state index contributed by atoms with van der Waals surface area (Å²) in [7, 11) is 0. The van der Waals surface area contributed by atoms with Gasteiger partial charge in [0.15, 0.2) is 0 Å². The maximum absolute atomic E-state index is 10.5. The largest absolute Gasteiger partial charge is 0.394 e. The molecule has 94 valence electrons. The highest BCUT2D eigenvalue weighted by molar-refractivity contribution is 5.66. The summed E-state index contributed by atoms with van der Waals surface area (Å²) in [5, 5.41) is 36.2. The highest BCUT2D eigenvalue weighted by Gasteiger charge is 2.31. The fourth-order valence-electron chi connectivity index (χ4n) is 0.877. The minimum absolute atomic E-state index is 0.195. The van der Waals surface area contributed by atoms with E-state index in [1.165, 1.54) is 0 Å². The van der Waals surface area contributed by atoms with Crippen molar-refractivity contribution < 1.29 is 34.9 Å². The molecule has 0 aliphatic rings. The van der Waals surface area contributed by atoms with Gasteiger partial charge in [-0.25, -0.2) is 0 Å². The third-order valence-electron chi connectivity index (χ3n) is 1.78. The van der Waals surface area contributed by atoms with Crippen LogP contribution >= 0.6 is 0 Å². The van der Waals surface area contributed by atoms with Crippen molar-refractivity contribution in [2.75, 3.05) is 6.61 Å². The summed E-state index contributed by atoms with van der Waals surface area (Å²) in [5.74, 6) is -0.740. The van der Waals surface area contributed by atoms with Gasteiger partial charge in [-0.05, 0) is 0 Å². The lowest BCUT2D eigenvalue weighted by atomic mass is 10.0. The molecule has 0 aromatic rings. The third kappa shape index (κ3) is 4.64. The molecule has 0 aliphatic carbocycles. The van der Waals surface area contributed by atoms with Crippen molar-refractivity contribution in [1.29, 1.82) is 0 Å². The second kappa shape index (κ2) is 7.25. The molecule has 16 heavy (non-hydrogen) atoms. The highest BCUT2D eigenvalue weighted by Crippen LogP contribution is 2.03. The predicted molar refractivity (Wildman–Crippen MR) is 49.9 cm³/mol. The zero-order valence-corrected chi connectivity index (χ0v) is 8.61. The van der Waals surface area contributed by atoms with Crippen molar-refractivity contribution in [2.45, 2.75) is 31.3 Å². The molecule has 0 heterocycles. The summed E-state index contributed by atoms with van der Waals surface area (Å²) in [6, 6.07) is -1.40. The molecule has 8 heteroatoms. The van der Waals surface area contributed by atoms with Gasteiger partial charge in [0, 0.05) is 6.92 Å². The zero-order valence-electron chi connectivity index (χ0n) is 8.61. The van der Waals surface area contributed by atoms with Crippen LogP contribution in [0.2, 0.25) is 0 Å². The molecule has 0 amide bonds. The standard InChI is InChI=1S/C8H15NO7/c1-4(12)16-9-5(2-10)7(14)8(15)6(13)3-11/h2,5-9,11,13-15H,3H2,1H3/t5-,6+,7+,8+/m0/s1. The predicted octanol–water partition coefficient (Wildman–Crippen LogP) is -3.30. The van der Waals surface area contributed by atoms with Crippen LogP contribution < -0.4 is 5.48 Å². The van der Waals surface area contributed by atoms with Gasteiger partial charge in [0.25, 0.3) is 0 Å². The Hall–Kier alpha value is -1.06. The van der Waals surface area contributed by atoms with Crippen molar-refractivity contribution >= 4 is 12.3 Å². The minimum Gasteiger partial charge on any atom is -0.394 e. The Morgan fingerprint density at radius 2 is 1.94 bits per heavy atom. The van der Waals surface area contributed by atoms with E-state index in [0.717, 1.165) is 6.92 Å². The van der Waals surface area contributed by atoms with E-state index in [0.29, 0.717) is 0 Å². The van der Waals surface area contributed by atoms with Gasteiger partial charge in [0.2, 0.25) is 0 Å². The molecule has 0 spiro atoms. The first kappa shape index (κ1) is 14.9. The molecular weight excluding hydrogens is 222 g/mol. The third-order valence-corrected chi connectivity index (χ3v) is 1.78. The molecule has 0 aromatic heterocycles. The SMILES string of the molecule is CC(=O)ON[C@@H](C=O)[C@@H](O)[C@H](O)[C@H](O)CO. The van der Waals surface area contributed by atoms with E-state index in [1.54, 1.807) is 0 Å². The molecule has 0 fully saturated rings. The molecule has 8 nitrogen and oxygen atoms in total. The maximum Gasteiger partial charge on any atom is 0.321 e. The van der Waals surface area contributed by atoms with E-state index >= 15 is 0 Å². The Bertz CT molecular complexity index is 234. The maximum atomic E-state index is 10.5. The Morgan fingerprint density at radius 3 is 2.31 bits per heavy atom. The molecule has 0 aromatic carbocycles. The van der Waals surface area contributed by atoms with E-state index < -0.39 is 36.9 Å². The van der Waals surface area contributed by atoms with Crippen LogP contribution in [0.25, 0.3) is 0 Å². The first-order valence-corrected chi connectivity index (χ1v) is 4.47. The van der Waals surface area contributed by atoms with Crippen LogP contribution in [0.15, 0.2) is 0 Å². The normalized spacial score (nSPS) is 18.3. The number of aliphatic hydroxyl groups excluding tert-OH is 4. The first-order chi connectivity index (χ1) is 7.43. The molecule has 0 saturated heterocycles. The van der Waals surface area contributed by atoms with Crippen molar-refractivity contribution in [1.82, 2.24) is 5.48 Å². The second-order valence-corrected chi connectivity index (χ2v) is 3.10. The van der Waals surface area contributed by atoms with E-state index in [2.05, 4.69) is 4.84 Å². The average molecular weight is 237 g/mol. The topological polar surface area (TPSA) is 136 Å². The van der Waals surface area contributed by atoms with Gasteiger partial charge in [-0.3, -0.25) is 4.79 Å². The van der Waals surface area contributed by atoms with Crippen LogP contribution in [-0.2, 0) is 14.4 Å². The van der Waals surface area contributed by atoms with Gasteiger partial charge in [-0.1, -0.05) is 0 Å². The Balaban J connectivity index is 4.33. The quantitative estimate of drug-likeness (QED) is 0.229. The first-order valence-electron chi connectivity index (χ1n) is 4.47. The Morgan fingerprint density at radius 1 is 1.38 bits per heavy atom. The molecule has 0 rings (SSSR count). The Kier molecular flexibility index (Phi) is 6.77. The van der Waals surface area contributed by atoms with Crippen molar-refractivity contribution in [3.63, 3.8) is 0 Å². The molecule has 4 atom stereocenters. The molecular formula is C8H15NO7. The van der Waals surface area contributed by atoms with Crippen LogP contribution in [0, 0.1) is 0 Å². The molecule has 0 saturated carbocycles. The zero-order chi connectivity index (χ0) is 12.7. The lowest BCUT2D eigenvalue weighted by molar-refractivity contribution is -0.157. The number of carbonyl (C=O) groups is 2. The van der Waals surface area contributed by atoms with E-state index in [9.17, 15) is 19.8 Å². The lowest BCUT2D eigenvalue weighted by Crippen LogP contribution is -2.52. The van der Waals surface area contributed by atoms with Crippen LogP contribution in [0.4, 0.5) is 0 Å². The number of carbonyl (C=O) groups excluding carboxylic acids is 2. The van der Waals surface area contributed by atoms with Gasteiger partial charge in [-0.15, -0.1) is 5.48 Å². The monoisotopic (exact) mass is 237 g/mol. The summed E-state index contributed by atoms with van der Waals surface area (Å²) in [4.78, 5) is 25.2. The Labute approximate surface area is 91.4 Å². The van der Waals surface area contributed by atoms with Gasteiger partial charge >= 0.3 is 5.97 Å². The fourth-order valence-corrected chi connectivity index (χ4v) is 0.877. The number of hydroxylamine groups is 1. The van der Waals surface area contributed by atoms with E-state index in [4.69, 9.17) is 10.2 Å². The fraction of sp³-hybridized carbons (Fsp3) is 0.750.